The van der Waals surface area contributed by atoms with Crippen LogP contribution < -0.4 is 5.73 Å². The number of hydrogen-bond acceptors (Lipinski definition) is 3. The molecule has 1 fully saturated rings. The second kappa shape index (κ2) is 3.23. The fourth-order valence-corrected chi connectivity index (χ4v) is 2.40. The lowest BCUT2D eigenvalue weighted by Crippen LogP contribution is -2.43. The van der Waals surface area contributed by atoms with Crippen LogP contribution in [0.2, 0.25) is 0 Å². The van der Waals surface area contributed by atoms with Gasteiger partial charge in [0.15, 0.2) is 0 Å². The van der Waals surface area contributed by atoms with E-state index < -0.39 is 0 Å². The predicted molar refractivity (Wildman–Crippen MR) is 52.4 cm³/mol. The number of hydrogen-bond donors (Lipinski definition) is 2. The van der Waals surface area contributed by atoms with Crippen LogP contribution in [-0.4, -0.2) is 29.0 Å². The molecule has 0 radical (unpaired) electrons. The Morgan fingerprint density at radius 3 is 2.31 bits per heavy atom. The predicted octanol–water partition coefficient (Wildman–Crippen LogP) is 0.900. The van der Waals surface area contributed by atoms with Crippen molar-refractivity contribution in [3.05, 3.63) is 0 Å². The van der Waals surface area contributed by atoms with Crippen LogP contribution in [0.25, 0.3) is 0 Å². The number of ether oxygens (including phenoxy) is 1. The third kappa shape index (κ3) is 2.22. The number of aliphatic hydroxyl groups is 1. The highest BCUT2D eigenvalue weighted by Gasteiger charge is 2.47. The topological polar surface area (TPSA) is 55.5 Å². The summed E-state index contributed by atoms with van der Waals surface area (Å²) in [6.45, 7) is 8.26. The summed E-state index contributed by atoms with van der Waals surface area (Å²) in [5.74, 6) is 0.243. The first-order valence-corrected chi connectivity index (χ1v) is 4.85. The van der Waals surface area contributed by atoms with Crippen molar-refractivity contribution in [2.45, 2.75) is 51.4 Å². The molecule has 0 aliphatic carbocycles. The fourth-order valence-electron chi connectivity index (χ4n) is 2.40. The summed E-state index contributed by atoms with van der Waals surface area (Å²) in [7, 11) is 0. The molecule has 1 heterocycles. The van der Waals surface area contributed by atoms with E-state index in [9.17, 15) is 0 Å². The molecule has 0 aromatic heterocycles. The molecular formula is C10H21NO2. The number of aliphatic hydroxyl groups excluding tert-OH is 1. The van der Waals surface area contributed by atoms with E-state index in [1.165, 1.54) is 0 Å². The van der Waals surface area contributed by atoms with Gasteiger partial charge in [-0.05, 0) is 34.1 Å². The minimum absolute atomic E-state index is 0.0353. The van der Waals surface area contributed by atoms with Crippen molar-refractivity contribution >= 4 is 0 Å². The average Bonchev–Trinajstić information content (AvgIpc) is 2.17. The zero-order valence-corrected chi connectivity index (χ0v) is 9.00. The molecule has 0 amide bonds. The van der Waals surface area contributed by atoms with Gasteiger partial charge in [0.1, 0.15) is 0 Å². The molecule has 3 nitrogen and oxygen atoms in total. The average molecular weight is 187 g/mol. The summed E-state index contributed by atoms with van der Waals surface area (Å²) in [5, 5.41) is 9.02. The first-order chi connectivity index (χ1) is 5.78. The van der Waals surface area contributed by atoms with Crippen LogP contribution in [-0.2, 0) is 4.74 Å². The third-order valence-electron chi connectivity index (χ3n) is 2.87. The molecule has 0 spiro atoms. The zero-order valence-electron chi connectivity index (χ0n) is 9.00. The molecule has 13 heavy (non-hydrogen) atoms. The van der Waals surface area contributed by atoms with Crippen LogP contribution in [0.15, 0.2) is 0 Å². The Hall–Kier alpha value is -0.120. The lowest BCUT2D eigenvalue weighted by molar-refractivity contribution is -0.0778. The van der Waals surface area contributed by atoms with Crippen LogP contribution in [0.5, 0.6) is 0 Å². The molecule has 0 saturated carbocycles. The Labute approximate surface area is 80.3 Å². The maximum atomic E-state index is 9.02. The Morgan fingerprint density at radius 2 is 2.00 bits per heavy atom. The van der Waals surface area contributed by atoms with Gasteiger partial charge in [0.05, 0.1) is 17.8 Å². The molecule has 1 saturated heterocycles. The van der Waals surface area contributed by atoms with Crippen LogP contribution >= 0.6 is 0 Å². The van der Waals surface area contributed by atoms with Gasteiger partial charge in [0.2, 0.25) is 0 Å². The smallest absolute Gasteiger partial charge is 0.0678 e. The van der Waals surface area contributed by atoms with Crippen molar-refractivity contribution in [1.82, 2.24) is 0 Å². The van der Waals surface area contributed by atoms with E-state index in [2.05, 4.69) is 13.8 Å². The molecule has 3 heteroatoms. The molecule has 78 valence electrons. The Bertz CT molecular complexity index is 189. The monoisotopic (exact) mass is 187 g/mol. The standard InChI is InChI=1S/C10H21NO2/c1-9(2)5-7(8(11)6-12)10(3,4)13-9/h7-8,12H,5-6,11H2,1-4H3. The molecule has 1 aliphatic rings. The molecule has 0 aromatic carbocycles. The lowest BCUT2D eigenvalue weighted by atomic mass is 9.82. The number of nitrogens with two attached hydrogens (primary N) is 1. The molecule has 2 atom stereocenters. The van der Waals surface area contributed by atoms with Gasteiger partial charge in [-0.2, -0.15) is 0 Å². The van der Waals surface area contributed by atoms with Crippen molar-refractivity contribution in [2.75, 3.05) is 6.61 Å². The molecule has 0 bridgehead atoms. The van der Waals surface area contributed by atoms with E-state index in [4.69, 9.17) is 15.6 Å². The van der Waals surface area contributed by atoms with E-state index in [-0.39, 0.29) is 29.8 Å². The molecular weight excluding hydrogens is 166 g/mol. The van der Waals surface area contributed by atoms with E-state index in [1.807, 2.05) is 13.8 Å². The van der Waals surface area contributed by atoms with Gasteiger partial charge in [-0.15, -0.1) is 0 Å². The van der Waals surface area contributed by atoms with Gasteiger partial charge in [-0.3, -0.25) is 0 Å². The van der Waals surface area contributed by atoms with Gasteiger partial charge >= 0.3 is 0 Å². The molecule has 1 rings (SSSR count). The molecule has 2 unspecified atom stereocenters. The molecule has 0 aromatic rings. The van der Waals surface area contributed by atoms with E-state index in [1.54, 1.807) is 0 Å². The first-order valence-electron chi connectivity index (χ1n) is 4.85. The van der Waals surface area contributed by atoms with Gasteiger partial charge in [-0.25, -0.2) is 0 Å². The Morgan fingerprint density at radius 1 is 1.46 bits per heavy atom. The van der Waals surface area contributed by atoms with Crippen LogP contribution in [0, 0.1) is 5.92 Å². The SMILES string of the molecule is CC1(C)CC(C(N)CO)C(C)(C)O1. The highest BCUT2D eigenvalue weighted by Crippen LogP contribution is 2.42. The van der Waals surface area contributed by atoms with E-state index in [0.717, 1.165) is 6.42 Å². The van der Waals surface area contributed by atoms with Crippen LogP contribution in [0.4, 0.5) is 0 Å². The van der Waals surface area contributed by atoms with Crippen molar-refractivity contribution < 1.29 is 9.84 Å². The fraction of sp³-hybridized carbons (Fsp3) is 1.00. The van der Waals surface area contributed by atoms with E-state index >= 15 is 0 Å². The van der Waals surface area contributed by atoms with Gasteiger partial charge in [0, 0.05) is 12.0 Å². The number of rotatable bonds is 2. The minimum Gasteiger partial charge on any atom is -0.395 e. The minimum atomic E-state index is -0.217. The second-order valence-electron chi connectivity index (χ2n) is 5.12. The van der Waals surface area contributed by atoms with E-state index in [0.29, 0.717) is 0 Å². The summed E-state index contributed by atoms with van der Waals surface area (Å²) in [5.41, 5.74) is 5.52. The Balaban J connectivity index is 2.76. The van der Waals surface area contributed by atoms with Gasteiger partial charge in [-0.1, -0.05) is 0 Å². The highest BCUT2D eigenvalue weighted by atomic mass is 16.5. The lowest BCUT2D eigenvalue weighted by Gasteiger charge is -2.30. The Kier molecular flexibility index (Phi) is 2.72. The van der Waals surface area contributed by atoms with Crippen molar-refractivity contribution in [3.8, 4) is 0 Å². The summed E-state index contributed by atoms with van der Waals surface area (Å²) in [4.78, 5) is 0. The second-order valence-corrected chi connectivity index (χ2v) is 5.12. The molecule has 1 aliphatic heterocycles. The van der Waals surface area contributed by atoms with Crippen LogP contribution in [0.3, 0.4) is 0 Å². The van der Waals surface area contributed by atoms with Gasteiger partial charge in [0.25, 0.3) is 0 Å². The van der Waals surface area contributed by atoms with Crippen molar-refractivity contribution in [1.29, 1.82) is 0 Å². The molecule has 3 N–H and O–H groups in total. The van der Waals surface area contributed by atoms with Crippen LogP contribution in [0.1, 0.15) is 34.1 Å². The summed E-state index contributed by atoms with van der Waals surface area (Å²) < 4.78 is 5.88. The maximum absolute atomic E-state index is 9.02. The summed E-state index contributed by atoms with van der Waals surface area (Å²) in [6, 6.07) is -0.170. The van der Waals surface area contributed by atoms with Gasteiger partial charge < -0.3 is 15.6 Å². The normalized spacial score (nSPS) is 33.2. The summed E-state index contributed by atoms with van der Waals surface area (Å²) >= 11 is 0. The quantitative estimate of drug-likeness (QED) is 0.675. The maximum Gasteiger partial charge on any atom is 0.0678 e. The first kappa shape index (κ1) is 11.0. The highest BCUT2D eigenvalue weighted by molar-refractivity contribution is 4.98. The van der Waals surface area contributed by atoms with Crippen molar-refractivity contribution in [3.63, 3.8) is 0 Å². The third-order valence-corrected chi connectivity index (χ3v) is 2.87. The summed E-state index contributed by atoms with van der Waals surface area (Å²) in [6.07, 6.45) is 0.918. The largest absolute Gasteiger partial charge is 0.395 e. The van der Waals surface area contributed by atoms with Crippen molar-refractivity contribution in [2.24, 2.45) is 11.7 Å². The zero-order chi connectivity index (χ0) is 10.3.